The minimum absolute atomic E-state index is 0.254. The third-order valence-corrected chi connectivity index (χ3v) is 2.83. The summed E-state index contributed by atoms with van der Waals surface area (Å²) in [7, 11) is 2.15. The first kappa shape index (κ1) is 12.3. The number of rotatable bonds is 6. The van der Waals surface area contributed by atoms with Crippen molar-refractivity contribution in [3.8, 4) is 0 Å². The van der Waals surface area contributed by atoms with E-state index < -0.39 is 0 Å². The lowest BCUT2D eigenvalue weighted by atomic mass is 9.89. The van der Waals surface area contributed by atoms with Crippen molar-refractivity contribution < 1.29 is 0 Å². The Bertz CT molecular complexity index is 264. The third kappa shape index (κ3) is 4.49. The average molecular weight is 209 g/mol. The van der Waals surface area contributed by atoms with Crippen LogP contribution in [0.15, 0.2) is 18.3 Å². The Balaban J connectivity index is 2.28. The van der Waals surface area contributed by atoms with Crippen LogP contribution in [0.1, 0.15) is 26.0 Å². The van der Waals surface area contributed by atoms with Gasteiger partial charge in [0.05, 0.1) is 0 Å². The predicted molar refractivity (Wildman–Crippen MR) is 64.6 cm³/mol. The monoisotopic (exact) mass is 209 g/mol. The quantitative estimate of drug-likeness (QED) is 0.750. The highest BCUT2D eigenvalue weighted by molar-refractivity contribution is 5.02. The van der Waals surface area contributed by atoms with Gasteiger partial charge in [-0.2, -0.15) is 0 Å². The van der Waals surface area contributed by atoms with Gasteiger partial charge in [-0.05, 0) is 44.1 Å². The molecule has 0 unspecified atom stereocenters. The van der Waals surface area contributed by atoms with E-state index in [4.69, 9.17) is 5.73 Å². The normalized spacial score (nSPS) is 12.3. The summed E-state index contributed by atoms with van der Waals surface area (Å²) in [6, 6.07) is 4.15. The predicted octanol–water partition coefficient (Wildman–Crippen LogP) is 1.82. The smallest absolute Gasteiger partial charge is 0.0382 e. The van der Waals surface area contributed by atoms with Crippen molar-refractivity contribution in [3.05, 3.63) is 24.0 Å². The lowest BCUT2D eigenvalue weighted by molar-refractivity contribution is 0.247. The first-order valence-corrected chi connectivity index (χ1v) is 5.54. The van der Waals surface area contributed by atoms with E-state index in [0.717, 1.165) is 26.1 Å². The second-order valence-corrected chi connectivity index (χ2v) is 5.05. The van der Waals surface area contributed by atoms with Crippen LogP contribution in [-0.4, -0.2) is 30.0 Å². The molecule has 0 spiro atoms. The number of aromatic nitrogens is 1. The molecule has 0 fully saturated rings. The number of nitrogens with one attached hydrogen (secondary N) is 1. The summed E-state index contributed by atoms with van der Waals surface area (Å²) >= 11 is 0. The van der Waals surface area contributed by atoms with E-state index in [1.807, 2.05) is 12.3 Å². The Morgan fingerprint density at radius 2 is 2.20 bits per heavy atom. The number of H-pyrrole nitrogens is 1. The van der Waals surface area contributed by atoms with Crippen LogP contribution in [-0.2, 0) is 6.54 Å². The summed E-state index contributed by atoms with van der Waals surface area (Å²) in [5.41, 5.74) is 7.22. The molecule has 1 rings (SSSR count). The molecule has 0 bridgehead atoms. The Morgan fingerprint density at radius 3 is 2.73 bits per heavy atom. The molecule has 0 aromatic carbocycles. The number of nitrogens with zero attached hydrogens (tertiary/aromatic N) is 1. The van der Waals surface area contributed by atoms with E-state index in [1.54, 1.807) is 0 Å². The highest BCUT2D eigenvalue weighted by Gasteiger charge is 2.15. The van der Waals surface area contributed by atoms with Crippen molar-refractivity contribution >= 4 is 0 Å². The summed E-state index contributed by atoms with van der Waals surface area (Å²) in [5, 5.41) is 0. The first-order chi connectivity index (χ1) is 7.03. The molecular weight excluding hydrogens is 186 g/mol. The molecule has 0 aliphatic rings. The maximum atomic E-state index is 5.70. The molecule has 0 amide bonds. The van der Waals surface area contributed by atoms with Crippen LogP contribution in [0.5, 0.6) is 0 Å². The molecule has 1 aromatic rings. The van der Waals surface area contributed by atoms with Crippen LogP contribution >= 0.6 is 0 Å². The molecule has 0 aliphatic carbocycles. The fraction of sp³-hybridized carbons (Fsp3) is 0.667. The molecule has 0 saturated carbocycles. The largest absolute Gasteiger partial charge is 0.364 e. The van der Waals surface area contributed by atoms with Crippen molar-refractivity contribution in [2.45, 2.75) is 26.8 Å². The number of aromatic amines is 1. The molecule has 0 atom stereocenters. The molecule has 1 heterocycles. The standard InChI is InChI=1S/C12H23N3/c1-12(2,10-13)6-8-15(3)9-11-5-4-7-14-11/h4-5,7,14H,6,8-10,13H2,1-3H3. The van der Waals surface area contributed by atoms with Crippen molar-refractivity contribution in [2.75, 3.05) is 20.1 Å². The van der Waals surface area contributed by atoms with Gasteiger partial charge in [-0.25, -0.2) is 0 Å². The summed E-state index contributed by atoms with van der Waals surface area (Å²) in [6.07, 6.45) is 3.10. The minimum atomic E-state index is 0.254. The maximum Gasteiger partial charge on any atom is 0.0382 e. The zero-order valence-electron chi connectivity index (χ0n) is 10.1. The lowest BCUT2D eigenvalue weighted by Crippen LogP contribution is -2.29. The van der Waals surface area contributed by atoms with E-state index in [0.29, 0.717) is 0 Å². The van der Waals surface area contributed by atoms with Gasteiger partial charge in [-0.15, -0.1) is 0 Å². The maximum absolute atomic E-state index is 5.70. The van der Waals surface area contributed by atoms with Crippen LogP contribution in [0.4, 0.5) is 0 Å². The lowest BCUT2D eigenvalue weighted by Gasteiger charge is -2.25. The van der Waals surface area contributed by atoms with Gasteiger partial charge in [0.25, 0.3) is 0 Å². The molecule has 86 valence electrons. The summed E-state index contributed by atoms with van der Waals surface area (Å²) < 4.78 is 0. The Labute approximate surface area is 92.7 Å². The van der Waals surface area contributed by atoms with Crippen molar-refractivity contribution in [1.29, 1.82) is 0 Å². The fourth-order valence-electron chi connectivity index (χ4n) is 1.43. The average Bonchev–Trinajstić information content (AvgIpc) is 2.68. The second-order valence-electron chi connectivity index (χ2n) is 5.05. The van der Waals surface area contributed by atoms with Gasteiger partial charge in [0.15, 0.2) is 0 Å². The topological polar surface area (TPSA) is 45.0 Å². The summed E-state index contributed by atoms with van der Waals surface area (Å²) in [6.45, 7) is 7.26. The van der Waals surface area contributed by atoms with Gasteiger partial charge < -0.3 is 15.6 Å². The van der Waals surface area contributed by atoms with Gasteiger partial charge in [-0.3, -0.25) is 0 Å². The van der Waals surface area contributed by atoms with E-state index >= 15 is 0 Å². The molecule has 15 heavy (non-hydrogen) atoms. The first-order valence-electron chi connectivity index (χ1n) is 5.54. The summed E-state index contributed by atoms with van der Waals surface area (Å²) in [5.74, 6) is 0. The molecule has 0 radical (unpaired) electrons. The number of nitrogens with two attached hydrogens (primary N) is 1. The molecule has 0 aliphatic heterocycles. The molecule has 3 N–H and O–H groups in total. The van der Waals surface area contributed by atoms with Crippen LogP contribution < -0.4 is 5.73 Å². The Morgan fingerprint density at radius 1 is 1.47 bits per heavy atom. The van der Waals surface area contributed by atoms with Gasteiger partial charge in [0, 0.05) is 18.4 Å². The third-order valence-electron chi connectivity index (χ3n) is 2.83. The number of hydrogen-bond donors (Lipinski definition) is 2. The zero-order valence-corrected chi connectivity index (χ0v) is 10.1. The Hall–Kier alpha value is -0.800. The van der Waals surface area contributed by atoms with E-state index in [9.17, 15) is 0 Å². The second kappa shape index (κ2) is 5.33. The van der Waals surface area contributed by atoms with E-state index in [2.05, 4.69) is 36.8 Å². The van der Waals surface area contributed by atoms with Crippen molar-refractivity contribution in [2.24, 2.45) is 11.1 Å². The van der Waals surface area contributed by atoms with Crippen LogP contribution in [0.2, 0.25) is 0 Å². The summed E-state index contributed by atoms with van der Waals surface area (Å²) in [4.78, 5) is 5.54. The van der Waals surface area contributed by atoms with Gasteiger partial charge >= 0.3 is 0 Å². The minimum Gasteiger partial charge on any atom is -0.364 e. The molecule has 3 heteroatoms. The fourth-order valence-corrected chi connectivity index (χ4v) is 1.43. The van der Waals surface area contributed by atoms with E-state index in [-0.39, 0.29) is 5.41 Å². The zero-order chi connectivity index (χ0) is 11.3. The van der Waals surface area contributed by atoms with Crippen molar-refractivity contribution in [3.63, 3.8) is 0 Å². The van der Waals surface area contributed by atoms with Gasteiger partial charge in [0.1, 0.15) is 0 Å². The van der Waals surface area contributed by atoms with Crippen LogP contribution in [0.3, 0.4) is 0 Å². The van der Waals surface area contributed by atoms with Gasteiger partial charge in [-0.1, -0.05) is 13.8 Å². The number of hydrogen-bond acceptors (Lipinski definition) is 2. The molecule has 3 nitrogen and oxygen atoms in total. The van der Waals surface area contributed by atoms with Crippen LogP contribution in [0.25, 0.3) is 0 Å². The van der Waals surface area contributed by atoms with E-state index in [1.165, 1.54) is 5.69 Å². The molecular formula is C12H23N3. The molecule has 1 aromatic heterocycles. The molecule has 0 saturated heterocycles. The SMILES string of the molecule is CN(CCC(C)(C)CN)Cc1ccc[nH]1. The highest BCUT2D eigenvalue weighted by Crippen LogP contribution is 2.18. The van der Waals surface area contributed by atoms with Gasteiger partial charge in [0.2, 0.25) is 0 Å². The Kier molecular flexibility index (Phi) is 4.36. The van der Waals surface area contributed by atoms with Crippen LogP contribution in [0, 0.1) is 5.41 Å². The van der Waals surface area contributed by atoms with Crippen molar-refractivity contribution in [1.82, 2.24) is 9.88 Å². The highest BCUT2D eigenvalue weighted by atomic mass is 15.1.